The van der Waals surface area contributed by atoms with Crippen molar-refractivity contribution < 1.29 is 9.18 Å². The number of anilines is 2. The van der Waals surface area contributed by atoms with Crippen molar-refractivity contribution >= 4 is 17.3 Å². The second-order valence-corrected chi connectivity index (χ2v) is 9.29. The Morgan fingerprint density at radius 1 is 1.12 bits per heavy atom. The number of H-pyrrole nitrogens is 1. The highest BCUT2D eigenvalue weighted by atomic mass is 19.1. The predicted molar refractivity (Wildman–Crippen MR) is 132 cm³/mol. The minimum absolute atomic E-state index is 0.129. The normalized spacial score (nSPS) is 18.1. The van der Waals surface area contributed by atoms with Gasteiger partial charge in [-0.2, -0.15) is 0 Å². The number of hydrogen-bond acceptors (Lipinski definition) is 4. The largest absolute Gasteiger partial charge is 0.368 e. The number of likely N-dealkylation sites (N-methyl/N-ethyl adjacent to an activating group) is 1. The SMILES string of the molecule is CCn1c(-c2ccc3c(c2)CCN(c2ccc(N4CC[C@@H](N(C)C)C4)c(F)c2)C3=O)c[nH]c1=O. The maximum atomic E-state index is 15.1. The van der Waals surface area contributed by atoms with Gasteiger partial charge in [0.25, 0.3) is 5.91 Å². The van der Waals surface area contributed by atoms with Crippen LogP contribution in [0.4, 0.5) is 15.8 Å². The molecule has 3 heterocycles. The lowest BCUT2D eigenvalue weighted by atomic mass is 9.95. The standard InChI is InChI=1S/C26H30FN5O2/c1-4-31-24(15-28-26(31)34)18-5-7-21-17(13-18)9-12-32(25(21)33)19-6-8-23(22(27)14-19)30-11-10-20(16-30)29(2)3/h5-8,13-15,20H,4,9-12,16H2,1-3H3,(H,28,34)/t20-/m1/s1. The molecule has 0 unspecified atom stereocenters. The molecule has 1 N–H and O–H groups in total. The van der Waals surface area contributed by atoms with Crippen LogP contribution in [0.15, 0.2) is 47.4 Å². The maximum absolute atomic E-state index is 15.1. The lowest BCUT2D eigenvalue weighted by molar-refractivity contribution is 0.0980. The van der Waals surface area contributed by atoms with E-state index in [1.807, 2.05) is 31.2 Å². The summed E-state index contributed by atoms with van der Waals surface area (Å²) >= 11 is 0. The van der Waals surface area contributed by atoms with Crippen LogP contribution >= 0.6 is 0 Å². The van der Waals surface area contributed by atoms with E-state index >= 15 is 4.39 Å². The van der Waals surface area contributed by atoms with Gasteiger partial charge in [0, 0.05) is 55.2 Å². The number of carbonyl (C=O) groups is 1. The first-order valence-corrected chi connectivity index (χ1v) is 11.8. The molecule has 1 aromatic heterocycles. The molecule has 2 aliphatic heterocycles. The molecule has 7 nitrogen and oxygen atoms in total. The van der Waals surface area contributed by atoms with Crippen molar-refractivity contribution in [2.24, 2.45) is 0 Å². The Bertz CT molecular complexity index is 1290. The van der Waals surface area contributed by atoms with Crippen molar-refractivity contribution in [3.05, 3.63) is 70.0 Å². The Kier molecular flexibility index (Phi) is 5.77. The van der Waals surface area contributed by atoms with E-state index < -0.39 is 0 Å². The lowest BCUT2D eigenvalue weighted by Crippen LogP contribution is -2.37. The fourth-order valence-electron chi connectivity index (χ4n) is 5.14. The number of imidazole rings is 1. The predicted octanol–water partition coefficient (Wildman–Crippen LogP) is 3.35. The smallest absolute Gasteiger partial charge is 0.325 e. The van der Waals surface area contributed by atoms with E-state index in [-0.39, 0.29) is 17.4 Å². The van der Waals surface area contributed by atoms with Gasteiger partial charge in [0.15, 0.2) is 0 Å². The second kappa shape index (κ2) is 8.76. The van der Waals surface area contributed by atoms with Gasteiger partial charge in [-0.15, -0.1) is 0 Å². The summed E-state index contributed by atoms with van der Waals surface area (Å²) in [6.45, 7) is 4.59. The summed E-state index contributed by atoms with van der Waals surface area (Å²) in [5, 5.41) is 0. The first-order valence-electron chi connectivity index (χ1n) is 11.8. The highest BCUT2D eigenvalue weighted by Gasteiger charge is 2.29. The molecule has 1 saturated heterocycles. The van der Waals surface area contributed by atoms with Crippen LogP contribution in [0.2, 0.25) is 0 Å². The molecule has 34 heavy (non-hydrogen) atoms. The molecule has 5 rings (SSSR count). The molecule has 178 valence electrons. The minimum atomic E-state index is -0.296. The Morgan fingerprint density at radius 3 is 2.65 bits per heavy atom. The van der Waals surface area contributed by atoms with E-state index in [1.165, 1.54) is 6.07 Å². The van der Waals surface area contributed by atoms with Crippen molar-refractivity contribution in [3.8, 4) is 11.3 Å². The molecule has 0 saturated carbocycles. The molecular weight excluding hydrogens is 433 g/mol. The number of fused-ring (bicyclic) bond motifs is 1. The molecule has 0 aliphatic carbocycles. The van der Waals surface area contributed by atoms with Crippen LogP contribution < -0.4 is 15.5 Å². The molecule has 3 aromatic rings. The topological polar surface area (TPSA) is 64.6 Å². The number of nitrogens with zero attached hydrogens (tertiary/aromatic N) is 4. The Hall–Kier alpha value is -3.39. The average Bonchev–Trinajstić information content (AvgIpc) is 3.46. The van der Waals surface area contributed by atoms with E-state index in [0.29, 0.717) is 42.5 Å². The van der Waals surface area contributed by atoms with Crippen LogP contribution in [0.1, 0.15) is 29.3 Å². The number of nitrogens with one attached hydrogen (secondary N) is 1. The molecule has 0 radical (unpaired) electrons. The zero-order chi connectivity index (χ0) is 24.0. The summed E-state index contributed by atoms with van der Waals surface area (Å²) < 4.78 is 16.8. The van der Waals surface area contributed by atoms with E-state index in [1.54, 1.807) is 21.7 Å². The molecule has 1 atom stereocenters. The van der Waals surface area contributed by atoms with Gasteiger partial charge in [0.2, 0.25) is 0 Å². The Morgan fingerprint density at radius 2 is 1.94 bits per heavy atom. The fourth-order valence-corrected chi connectivity index (χ4v) is 5.14. The highest BCUT2D eigenvalue weighted by molar-refractivity contribution is 6.08. The number of aromatic nitrogens is 2. The van der Waals surface area contributed by atoms with Gasteiger partial charge >= 0.3 is 5.69 Å². The molecule has 1 fully saturated rings. The van der Waals surface area contributed by atoms with E-state index in [2.05, 4.69) is 28.9 Å². The minimum Gasteiger partial charge on any atom is -0.368 e. The second-order valence-electron chi connectivity index (χ2n) is 9.29. The first-order chi connectivity index (χ1) is 16.4. The van der Waals surface area contributed by atoms with Gasteiger partial charge < -0.3 is 19.7 Å². The Balaban J connectivity index is 1.38. The third kappa shape index (κ3) is 3.81. The quantitative estimate of drug-likeness (QED) is 0.630. The number of hydrogen-bond donors (Lipinski definition) is 1. The van der Waals surface area contributed by atoms with Crippen molar-refractivity contribution in [2.75, 3.05) is 43.5 Å². The van der Waals surface area contributed by atoms with Crippen LogP contribution in [-0.2, 0) is 13.0 Å². The highest BCUT2D eigenvalue weighted by Crippen LogP contribution is 2.32. The molecule has 1 amide bonds. The first kappa shape index (κ1) is 22.4. The van der Waals surface area contributed by atoms with Crippen LogP contribution in [0.25, 0.3) is 11.3 Å². The average molecular weight is 464 g/mol. The monoisotopic (exact) mass is 463 g/mol. The van der Waals surface area contributed by atoms with Gasteiger partial charge in [0.1, 0.15) is 5.82 Å². The van der Waals surface area contributed by atoms with Crippen LogP contribution in [0.3, 0.4) is 0 Å². The summed E-state index contributed by atoms with van der Waals surface area (Å²) in [6, 6.07) is 11.2. The van der Waals surface area contributed by atoms with Gasteiger partial charge in [0.05, 0.1) is 11.4 Å². The maximum Gasteiger partial charge on any atom is 0.325 e. The van der Waals surface area contributed by atoms with Crippen molar-refractivity contribution in [1.29, 1.82) is 0 Å². The number of benzene rings is 2. The van der Waals surface area contributed by atoms with Crippen LogP contribution in [0.5, 0.6) is 0 Å². The molecule has 0 bridgehead atoms. The van der Waals surface area contributed by atoms with Crippen LogP contribution in [-0.4, -0.2) is 60.1 Å². The molecule has 2 aromatic carbocycles. The molecule has 2 aliphatic rings. The zero-order valence-electron chi connectivity index (χ0n) is 19.8. The fraction of sp³-hybridized carbons (Fsp3) is 0.385. The number of halogens is 1. The number of aromatic amines is 1. The number of amides is 1. The number of carbonyl (C=O) groups excluding carboxylic acids is 1. The van der Waals surface area contributed by atoms with Gasteiger partial charge in [-0.05, 0) is 69.8 Å². The van der Waals surface area contributed by atoms with Crippen molar-refractivity contribution in [1.82, 2.24) is 14.5 Å². The molecule has 0 spiro atoms. The van der Waals surface area contributed by atoms with Gasteiger partial charge in [-0.3, -0.25) is 9.36 Å². The van der Waals surface area contributed by atoms with Crippen molar-refractivity contribution in [2.45, 2.75) is 32.4 Å². The zero-order valence-corrected chi connectivity index (χ0v) is 19.8. The van der Waals surface area contributed by atoms with E-state index in [4.69, 9.17) is 0 Å². The third-order valence-corrected chi connectivity index (χ3v) is 7.14. The van der Waals surface area contributed by atoms with Gasteiger partial charge in [-0.1, -0.05) is 6.07 Å². The molecular formula is C26H30FN5O2. The third-order valence-electron chi connectivity index (χ3n) is 7.14. The summed E-state index contributed by atoms with van der Waals surface area (Å²) in [7, 11) is 4.11. The summed E-state index contributed by atoms with van der Waals surface area (Å²) in [4.78, 5) is 33.9. The number of rotatable bonds is 5. The van der Waals surface area contributed by atoms with Crippen molar-refractivity contribution in [3.63, 3.8) is 0 Å². The lowest BCUT2D eigenvalue weighted by Gasteiger charge is -2.30. The summed E-state index contributed by atoms with van der Waals surface area (Å²) in [5.41, 5.74) is 4.30. The van der Waals surface area contributed by atoms with Gasteiger partial charge in [-0.25, -0.2) is 9.18 Å². The van der Waals surface area contributed by atoms with E-state index in [9.17, 15) is 9.59 Å². The van der Waals surface area contributed by atoms with Crippen LogP contribution in [0, 0.1) is 5.82 Å². The summed E-state index contributed by atoms with van der Waals surface area (Å²) in [6.07, 6.45) is 3.38. The Labute approximate surface area is 198 Å². The van der Waals surface area contributed by atoms with E-state index in [0.717, 1.165) is 36.3 Å². The molecule has 8 heteroatoms. The summed E-state index contributed by atoms with van der Waals surface area (Å²) in [5.74, 6) is -0.424.